The van der Waals surface area contributed by atoms with E-state index in [0.717, 1.165) is 34.1 Å². The zero-order valence-corrected chi connectivity index (χ0v) is 9.74. The number of aromatic hydroxyl groups is 1. The van der Waals surface area contributed by atoms with Crippen LogP contribution in [0.15, 0.2) is 12.1 Å². The third kappa shape index (κ3) is 1.58. The molecule has 3 heterocycles. The molecule has 3 nitrogen and oxygen atoms in total. The zero-order valence-electron chi connectivity index (χ0n) is 8.11. The molecule has 0 aromatic carbocycles. The lowest BCUT2D eigenvalue weighted by molar-refractivity contribution is 0.447. The van der Waals surface area contributed by atoms with E-state index in [9.17, 15) is 9.50 Å². The SMILES string of the molecule is Oc1nc(-c2ccc(F)s2)nc2c1CSC2. The van der Waals surface area contributed by atoms with E-state index < -0.39 is 0 Å². The Morgan fingerprint density at radius 3 is 2.88 bits per heavy atom. The monoisotopic (exact) mass is 254 g/mol. The molecule has 0 saturated carbocycles. The Morgan fingerprint density at radius 2 is 2.12 bits per heavy atom. The van der Waals surface area contributed by atoms with Crippen molar-refractivity contribution in [2.45, 2.75) is 11.5 Å². The number of hydrogen-bond acceptors (Lipinski definition) is 5. The Morgan fingerprint density at radius 1 is 1.25 bits per heavy atom. The van der Waals surface area contributed by atoms with Crippen molar-refractivity contribution in [2.75, 3.05) is 0 Å². The van der Waals surface area contributed by atoms with E-state index in [2.05, 4.69) is 9.97 Å². The minimum atomic E-state index is -0.270. The quantitative estimate of drug-likeness (QED) is 0.850. The molecule has 0 saturated heterocycles. The van der Waals surface area contributed by atoms with Gasteiger partial charge < -0.3 is 5.11 Å². The molecule has 6 heteroatoms. The van der Waals surface area contributed by atoms with E-state index in [0.29, 0.717) is 10.7 Å². The molecule has 0 bridgehead atoms. The molecular weight excluding hydrogens is 247 g/mol. The molecule has 82 valence electrons. The van der Waals surface area contributed by atoms with Crippen molar-refractivity contribution >= 4 is 23.1 Å². The van der Waals surface area contributed by atoms with Gasteiger partial charge in [-0.05, 0) is 12.1 Å². The summed E-state index contributed by atoms with van der Waals surface area (Å²) in [6.07, 6.45) is 0. The molecular formula is C10H7FN2OS2. The predicted octanol–water partition coefficient (Wildman–Crippen LogP) is 2.80. The van der Waals surface area contributed by atoms with Crippen LogP contribution in [0.5, 0.6) is 5.88 Å². The largest absolute Gasteiger partial charge is 0.493 e. The van der Waals surface area contributed by atoms with Gasteiger partial charge in [0.2, 0.25) is 5.88 Å². The second-order valence-electron chi connectivity index (χ2n) is 3.39. The van der Waals surface area contributed by atoms with E-state index >= 15 is 0 Å². The molecule has 1 aliphatic heterocycles. The minimum Gasteiger partial charge on any atom is -0.493 e. The van der Waals surface area contributed by atoms with Crippen molar-refractivity contribution in [3.8, 4) is 16.6 Å². The fourth-order valence-corrected chi connectivity index (χ4v) is 3.28. The molecule has 0 unspecified atom stereocenters. The fraction of sp³-hybridized carbons (Fsp3) is 0.200. The maximum absolute atomic E-state index is 12.9. The number of aromatic nitrogens is 2. The van der Waals surface area contributed by atoms with Crippen molar-refractivity contribution in [1.29, 1.82) is 0 Å². The average Bonchev–Trinajstić information content (AvgIpc) is 2.85. The van der Waals surface area contributed by atoms with Crippen LogP contribution >= 0.6 is 23.1 Å². The Hall–Kier alpha value is -1.14. The third-order valence-electron chi connectivity index (χ3n) is 2.35. The molecule has 0 spiro atoms. The Bertz CT molecular complexity index is 556. The topological polar surface area (TPSA) is 46.0 Å². The Kier molecular flexibility index (Phi) is 2.33. The first-order valence-electron chi connectivity index (χ1n) is 4.66. The average molecular weight is 254 g/mol. The summed E-state index contributed by atoms with van der Waals surface area (Å²) >= 11 is 2.68. The van der Waals surface area contributed by atoms with E-state index in [4.69, 9.17) is 0 Å². The highest BCUT2D eigenvalue weighted by Crippen LogP contribution is 2.35. The minimum absolute atomic E-state index is 0.0267. The van der Waals surface area contributed by atoms with Gasteiger partial charge >= 0.3 is 0 Å². The molecule has 16 heavy (non-hydrogen) atoms. The second-order valence-corrected chi connectivity index (χ2v) is 5.41. The fourth-order valence-electron chi connectivity index (χ4n) is 1.58. The number of rotatable bonds is 1. The maximum Gasteiger partial charge on any atom is 0.218 e. The molecule has 0 fully saturated rings. The Labute approximate surface area is 99.4 Å². The van der Waals surface area contributed by atoms with Crippen LogP contribution in [-0.4, -0.2) is 15.1 Å². The number of halogens is 1. The first-order chi connectivity index (χ1) is 7.74. The number of hydrogen-bond donors (Lipinski definition) is 1. The molecule has 0 atom stereocenters. The summed E-state index contributed by atoms with van der Waals surface area (Å²) in [6, 6.07) is 3.01. The highest BCUT2D eigenvalue weighted by molar-refractivity contribution is 7.98. The zero-order chi connectivity index (χ0) is 11.1. The van der Waals surface area contributed by atoms with Gasteiger partial charge in [-0.3, -0.25) is 0 Å². The van der Waals surface area contributed by atoms with Gasteiger partial charge in [-0.2, -0.15) is 21.1 Å². The maximum atomic E-state index is 12.9. The van der Waals surface area contributed by atoms with Crippen LogP contribution < -0.4 is 0 Å². The molecule has 3 rings (SSSR count). The van der Waals surface area contributed by atoms with Crippen LogP contribution in [-0.2, 0) is 11.5 Å². The van der Waals surface area contributed by atoms with Gasteiger partial charge in [0.25, 0.3) is 0 Å². The van der Waals surface area contributed by atoms with E-state index in [1.807, 2.05) is 0 Å². The van der Waals surface area contributed by atoms with Gasteiger partial charge in [-0.1, -0.05) is 0 Å². The van der Waals surface area contributed by atoms with Gasteiger partial charge in [-0.25, -0.2) is 4.98 Å². The Balaban J connectivity index is 2.12. The predicted molar refractivity (Wildman–Crippen MR) is 62.0 cm³/mol. The molecule has 0 aliphatic carbocycles. The molecule has 1 aliphatic rings. The van der Waals surface area contributed by atoms with Crippen LogP contribution in [0, 0.1) is 5.13 Å². The highest BCUT2D eigenvalue weighted by atomic mass is 32.2. The molecule has 1 N–H and O–H groups in total. The summed E-state index contributed by atoms with van der Waals surface area (Å²) in [6.45, 7) is 0. The van der Waals surface area contributed by atoms with Crippen LogP contribution in [0.2, 0.25) is 0 Å². The number of thioether (sulfide) groups is 1. The van der Waals surface area contributed by atoms with Gasteiger partial charge in [-0.15, -0.1) is 11.3 Å². The van der Waals surface area contributed by atoms with Crippen molar-refractivity contribution in [1.82, 2.24) is 9.97 Å². The first kappa shape index (κ1) is 10.0. The molecule has 2 aromatic heterocycles. The van der Waals surface area contributed by atoms with Gasteiger partial charge in [0.15, 0.2) is 11.0 Å². The summed E-state index contributed by atoms with van der Waals surface area (Å²) in [5, 5.41) is 9.46. The molecule has 2 aromatic rings. The lowest BCUT2D eigenvalue weighted by atomic mass is 10.2. The van der Waals surface area contributed by atoms with Gasteiger partial charge in [0.05, 0.1) is 10.6 Å². The van der Waals surface area contributed by atoms with Crippen molar-refractivity contribution in [3.05, 3.63) is 28.5 Å². The van der Waals surface area contributed by atoms with Crippen molar-refractivity contribution in [2.24, 2.45) is 0 Å². The van der Waals surface area contributed by atoms with Crippen LogP contribution in [0.1, 0.15) is 11.3 Å². The summed E-state index contributed by atoms with van der Waals surface area (Å²) in [7, 11) is 0. The number of nitrogens with zero attached hydrogens (tertiary/aromatic N) is 2. The van der Waals surface area contributed by atoms with Crippen molar-refractivity contribution < 1.29 is 9.50 Å². The number of thiophene rings is 1. The standard InChI is InChI=1S/C10H7FN2OS2/c11-8-2-1-7(16-8)9-12-6-4-15-3-5(6)10(14)13-9/h1-2H,3-4H2,(H,12,13,14). The second kappa shape index (κ2) is 3.71. The summed E-state index contributed by atoms with van der Waals surface area (Å²) in [4.78, 5) is 9.00. The molecule has 0 radical (unpaired) electrons. The van der Waals surface area contributed by atoms with E-state index in [-0.39, 0.29) is 11.0 Å². The summed E-state index contributed by atoms with van der Waals surface area (Å²) in [5.41, 5.74) is 1.67. The van der Waals surface area contributed by atoms with E-state index in [1.165, 1.54) is 6.07 Å². The van der Waals surface area contributed by atoms with Crippen LogP contribution in [0.4, 0.5) is 4.39 Å². The van der Waals surface area contributed by atoms with E-state index in [1.54, 1.807) is 17.8 Å². The van der Waals surface area contributed by atoms with Gasteiger partial charge in [0, 0.05) is 17.1 Å². The highest BCUT2D eigenvalue weighted by Gasteiger charge is 2.20. The summed E-state index contributed by atoms with van der Waals surface area (Å²) in [5.74, 6) is 1.97. The lowest BCUT2D eigenvalue weighted by Gasteiger charge is -2.02. The van der Waals surface area contributed by atoms with Gasteiger partial charge in [0.1, 0.15) is 0 Å². The first-order valence-corrected chi connectivity index (χ1v) is 6.63. The molecule has 0 amide bonds. The van der Waals surface area contributed by atoms with Crippen LogP contribution in [0.3, 0.4) is 0 Å². The number of fused-ring (bicyclic) bond motifs is 1. The lowest BCUT2D eigenvalue weighted by Crippen LogP contribution is -1.95. The van der Waals surface area contributed by atoms with Crippen LogP contribution in [0.25, 0.3) is 10.7 Å². The van der Waals surface area contributed by atoms with Crippen molar-refractivity contribution in [3.63, 3.8) is 0 Å². The summed E-state index contributed by atoms with van der Waals surface area (Å²) < 4.78 is 12.9. The third-order valence-corrected chi connectivity index (χ3v) is 4.19. The normalized spacial score (nSPS) is 14.1. The smallest absolute Gasteiger partial charge is 0.218 e.